The number of nitrogens with zero attached hydrogens (tertiary/aromatic N) is 2. The monoisotopic (exact) mass is 424 g/mol. The van der Waals surface area contributed by atoms with E-state index in [9.17, 15) is 4.79 Å². The molecule has 0 radical (unpaired) electrons. The third-order valence-electron chi connectivity index (χ3n) is 5.67. The van der Waals surface area contributed by atoms with E-state index in [0.717, 1.165) is 60.0 Å². The SMILES string of the molecule is Cc1cc(N)ccc1N1CCCCC1=O.Cc1cc(N)ccc1N1CCCCC1=S. The first-order valence-electron chi connectivity index (χ1n) is 10.7. The Hall–Kier alpha value is -2.60. The van der Waals surface area contributed by atoms with Crippen LogP contribution in [0.3, 0.4) is 0 Å². The minimum absolute atomic E-state index is 0.231. The molecule has 0 saturated carbocycles. The highest BCUT2D eigenvalue weighted by atomic mass is 32.1. The molecule has 6 heteroatoms. The third kappa shape index (κ3) is 5.30. The summed E-state index contributed by atoms with van der Waals surface area (Å²) in [5.74, 6) is 0.231. The van der Waals surface area contributed by atoms with Gasteiger partial charge in [0.15, 0.2) is 0 Å². The van der Waals surface area contributed by atoms with Gasteiger partial charge in [-0.15, -0.1) is 0 Å². The van der Waals surface area contributed by atoms with Crippen LogP contribution in [-0.2, 0) is 4.79 Å². The fourth-order valence-corrected chi connectivity index (χ4v) is 4.42. The fourth-order valence-electron chi connectivity index (χ4n) is 4.08. The number of piperidine rings is 2. The van der Waals surface area contributed by atoms with Gasteiger partial charge in [0.05, 0.1) is 4.99 Å². The summed E-state index contributed by atoms with van der Waals surface area (Å²) in [7, 11) is 0. The molecule has 2 aromatic carbocycles. The molecule has 4 rings (SSSR count). The highest BCUT2D eigenvalue weighted by Gasteiger charge is 2.20. The molecule has 2 saturated heterocycles. The number of hydrogen-bond acceptors (Lipinski definition) is 4. The predicted octanol–water partition coefficient (Wildman–Crippen LogP) is 4.99. The maximum absolute atomic E-state index is 11.7. The van der Waals surface area contributed by atoms with Crippen LogP contribution in [0.1, 0.15) is 49.7 Å². The summed E-state index contributed by atoms with van der Waals surface area (Å²) in [6.07, 6.45) is 6.27. The Morgan fingerprint density at radius 2 is 1.27 bits per heavy atom. The Kier molecular flexibility index (Phi) is 7.32. The number of benzene rings is 2. The number of nitrogen functional groups attached to an aromatic ring is 2. The summed E-state index contributed by atoms with van der Waals surface area (Å²) in [5, 5.41) is 0. The molecule has 0 atom stereocenters. The number of nitrogens with two attached hydrogens (primary N) is 2. The molecule has 2 heterocycles. The predicted molar refractivity (Wildman–Crippen MR) is 131 cm³/mol. The average Bonchev–Trinajstić information content (AvgIpc) is 2.70. The van der Waals surface area contributed by atoms with Gasteiger partial charge < -0.3 is 21.3 Å². The van der Waals surface area contributed by atoms with E-state index in [1.54, 1.807) is 0 Å². The minimum atomic E-state index is 0.231. The second-order valence-corrected chi connectivity index (χ2v) is 8.57. The molecule has 0 unspecified atom stereocenters. The summed E-state index contributed by atoms with van der Waals surface area (Å²) in [4.78, 5) is 16.9. The molecule has 2 fully saturated rings. The van der Waals surface area contributed by atoms with Crippen molar-refractivity contribution in [1.82, 2.24) is 0 Å². The first-order valence-corrected chi connectivity index (χ1v) is 11.1. The van der Waals surface area contributed by atoms with E-state index in [2.05, 4.69) is 17.9 Å². The second kappa shape index (κ2) is 9.94. The lowest BCUT2D eigenvalue weighted by molar-refractivity contribution is -0.119. The van der Waals surface area contributed by atoms with E-state index in [1.807, 2.05) is 42.2 Å². The lowest BCUT2D eigenvalue weighted by atomic mass is 10.1. The van der Waals surface area contributed by atoms with Gasteiger partial charge in [-0.3, -0.25) is 4.79 Å². The summed E-state index contributed by atoms with van der Waals surface area (Å²) >= 11 is 5.40. The summed E-state index contributed by atoms with van der Waals surface area (Å²) < 4.78 is 0. The number of carbonyl (C=O) groups is 1. The lowest BCUT2D eigenvalue weighted by Gasteiger charge is -2.30. The number of rotatable bonds is 2. The molecule has 30 heavy (non-hydrogen) atoms. The van der Waals surface area contributed by atoms with Crippen molar-refractivity contribution in [2.75, 3.05) is 34.4 Å². The molecule has 1 amide bonds. The van der Waals surface area contributed by atoms with Crippen molar-refractivity contribution in [2.45, 2.75) is 52.4 Å². The minimum Gasteiger partial charge on any atom is -0.399 e. The summed E-state index contributed by atoms with van der Waals surface area (Å²) in [6.45, 7) is 5.96. The molecular weight excluding hydrogens is 392 g/mol. The standard InChI is InChI=1S/C12H16N2O.C12H16N2S/c2*1-9-8-10(13)5-6-11(9)14-7-3-2-4-12(14)15/h2*5-6,8H,2-4,7,13H2,1H3. The number of thiocarbonyl (C=S) groups is 1. The van der Waals surface area contributed by atoms with Crippen molar-refractivity contribution < 1.29 is 4.79 Å². The lowest BCUT2D eigenvalue weighted by Crippen LogP contribution is -2.35. The molecular formula is C24H32N4OS. The van der Waals surface area contributed by atoms with Gasteiger partial charge in [0.1, 0.15) is 0 Å². The van der Waals surface area contributed by atoms with Crippen LogP contribution in [0.4, 0.5) is 22.7 Å². The van der Waals surface area contributed by atoms with Crippen LogP contribution in [-0.4, -0.2) is 24.0 Å². The van der Waals surface area contributed by atoms with Crippen molar-refractivity contribution in [2.24, 2.45) is 0 Å². The number of carbonyl (C=O) groups excluding carboxylic acids is 1. The van der Waals surface area contributed by atoms with E-state index in [1.165, 1.54) is 24.1 Å². The Morgan fingerprint density at radius 3 is 1.77 bits per heavy atom. The van der Waals surface area contributed by atoms with Crippen molar-refractivity contribution in [1.29, 1.82) is 0 Å². The fraction of sp³-hybridized carbons (Fsp3) is 0.417. The van der Waals surface area contributed by atoms with Gasteiger partial charge in [-0.1, -0.05) is 12.2 Å². The van der Waals surface area contributed by atoms with Crippen LogP contribution in [0.15, 0.2) is 36.4 Å². The van der Waals surface area contributed by atoms with Crippen molar-refractivity contribution >= 4 is 45.9 Å². The molecule has 2 aliphatic rings. The molecule has 0 aliphatic carbocycles. The molecule has 2 aliphatic heterocycles. The van der Waals surface area contributed by atoms with Gasteiger partial charge in [0.25, 0.3) is 0 Å². The van der Waals surface area contributed by atoms with Crippen molar-refractivity contribution in [3.63, 3.8) is 0 Å². The van der Waals surface area contributed by atoms with Gasteiger partial charge in [0.2, 0.25) is 5.91 Å². The number of amides is 1. The molecule has 4 N–H and O–H groups in total. The van der Waals surface area contributed by atoms with Gasteiger partial charge in [-0.05, 0) is 93.5 Å². The van der Waals surface area contributed by atoms with Crippen molar-refractivity contribution in [3.05, 3.63) is 47.5 Å². The van der Waals surface area contributed by atoms with E-state index in [-0.39, 0.29) is 5.91 Å². The summed E-state index contributed by atoms with van der Waals surface area (Å²) in [6, 6.07) is 11.7. The van der Waals surface area contributed by atoms with Crippen LogP contribution in [0.25, 0.3) is 0 Å². The van der Waals surface area contributed by atoms with Gasteiger partial charge in [0, 0.05) is 42.3 Å². The van der Waals surface area contributed by atoms with E-state index < -0.39 is 0 Å². The van der Waals surface area contributed by atoms with Gasteiger partial charge >= 0.3 is 0 Å². The maximum Gasteiger partial charge on any atom is 0.226 e. The van der Waals surface area contributed by atoms with Crippen LogP contribution >= 0.6 is 12.2 Å². The van der Waals surface area contributed by atoms with Gasteiger partial charge in [-0.25, -0.2) is 0 Å². The average molecular weight is 425 g/mol. The van der Waals surface area contributed by atoms with Gasteiger partial charge in [-0.2, -0.15) is 0 Å². The quantitative estimate of drug-likeness (QED) is 0.525. The van der Waals surface area contributed by atoms with E-state index >= 15 is 0 Å². The zero-order valence-electron chi connectivity index (χ0n) is 18.0. The largest absolute Gasteiger partial charge is 0.399 e. The van der Waals surface area contributed by atoms with Crippen LogP contribution in [0, 0.1) is 13.8 Å². The second-order valence-electron chi connectivity index (χ2n) is 8.10. The normalized spacial score (nSPS) is 16.9. The Bertz CT molecular complexity index is 852. The highest BCUT2D eigenvalue weighted by molar-refractivity contribution is 7.80. The smallest absolute Gasteiger partial charge is 0.226 e. The molecule has 2 aromatic rings. The Labute approximate surface area is 185 Å². The number of hydrogen-bond donors (Lipinski definition) is 2. The number of anilines is 4. The Balaban J connectivity index is 0.000000171. The summed E-state index contributed by atoms with van der Waals surface area (Å²) in [5.41, 5.74) is 17.5. The molecule has 5 nitrogen and oxygen atoms in total. The van der Waals surface area contributed by atoms with Crippen molar-refractivity contribution in [3.8, 4) is 0 Å². The maximum atomic E-state index is 11.7. The topological polar surface area (TPSA) is 75.6 Å². The third-order valence-corrected chi connectivity index (χ3v) is 6.09. The zero-order chi connectivity index (χ0) is 21.7. The zero-order valence-corrected chi connectivity index (χ0v) is 18.8. The molecule has 0 spiro atoms. The molecule has 0 aromatic heterocycles. The Morgan fingerprint density at radius 1 is 0.767 bits per heavy atom. The van der Waals surface area contributed by atoms with E-state index in [0.29, 0.717) is 6.42 Å². The molecule has 0 bridgehead atoms. The number of aryl methyl sites for hydroxylation is 2. The highest BCUT2D eigenvalue weighted by Crippen LogP contribution is 2.27. The van der Waals surface area contributed by atoms with Crippen LogP contribution in [0.5, 0.6) is 0 Å². The van der Waals surface area contributed by atoms with Crippen LogP contribution in [0.2, 0.25) is 0 Å². The first-order chi connectivity index (χ1) is 14.4. The molecule has 160 valence electrons. The first kappa shape index (κ1) is 22.1. The van der Waals surface area contributed by atoms with Crippen LogP contribution < -0.4 is 21.3 Å². The van der Waals surface area contributed by atoms with E-state index in [4.69, 9.17) is 23.7 Å².